The quantitative estimate of drug-likeness (QED) is 0.361. The van der Waals surface area contributed by atoms with Crippen LogP contribution in [0.15, 0.2) is 40.2 Å². The van der Waals surface area contributed by atoms with Crippen molar-refractivity contribution < 1.29 is 19.0 Å². The van der Waals surface area contributed by atoms with Crippen molar-refractivity contribution in [2.24, 2.45) is 0 Å². The number of aryl methyl sites for hydroxylation is 1. The first kappa shape index (κ1) is 27.2. The van der Waals surface area contributed by atoms with Crippen LogP contribution in [0.25, 0.3) is 15.2 Å². The molecule has 0 spiro atoms. The first-order valence-electron chi connectivity index (χ1n) is 11.9. The number of aliphatic hydroxyl groups excluding tert-OH is 1. The predicted molar refractivity (Wildman–Crippen MR) is 141 cm³/mol. The molecule has 0 saturated heterocycles. The van der Waals surface area contributed by atoms with Gasteiger partial charge in [-0.15, -0.1) is 4.80 Å². The Morgan fingerprint density at radius 1 is 1.21 bits per heavy atom. The van der Waals surface area contributed by atoms with Gasteiger partial charge in [0.2, 0.25) is 5.91 Å². The van der Waals surface area contributed by atoms with E-state index in [0.717, 1.165) is 22.0 Å². The molecular formula is C25H29FN6O5S. The molecule has 3 aromatic heterocycles. The highest BCUT2D eigenvalue weighted by Crippen LogP contribution is 2.32. The number of likely N-dealkylation sites (N-methyl/N-ethyl adjacent to an activating group) is 1. The molecule has 1 N–H and O–H groups in total. The number of halogens is 1. The molecule has 0 radical (unpaired) electrons. The smallest absolute Gasteiger partial charge is 0.332 e. The van der Waals surface area contributed by atoms with Gasteiger partial charge in [-0.25, -0.2) is 13.8 Å². The van der Waals surface area contributed by atoms with E-state index < -0.39 is 35.1 Å². The lowest BCUT2D eigenvalue weighted by Crippen LogP contribution is -2.47. The number of ether oxygens (including phenoxy) is 1. The van der Waals surface area contributed by atoms with E-state index in [2.05, 4.69) is 10.2 Å². The van der Waals surface area contributed by atoms with Crippen molar-refractivity contribution in [3.63, 3.8) is 0 Å². The van der Waals surface area contributed by atoms with Gasteiger partial charge >= 0.3 is 5.69 Å². The molecule has 1 unspecified atom stereocenters. The largest absolute Gasteiger partial charge is 0.496 e. The normalized spacial score (nSPS) is 13.2. The van der Waals surface area contributed by atoms with E-state index in [1.54, 1.807) is 14.0 Å². The summed E-state index contributed by atoms with van der Waals surface area (Å²) in [5.74, 6) is -0.765. The van der Waals surface area contributed by atoms with Crippen molar-refractivity contribution in [2.45, 2.75) is 52.4 Å². The average molecular weight is 545 g/mol. The maximum atomic E-state index is 14.0. The van der Waals surface area contributed by atoms with Gasteiger partial charge in [-0.05, 0) is 45.9 Å². The van der Waals surface area contributed by atoms with Crippen LogP contribution < -0.4 is 16.0 Å². The number of hydrogen-bond acceptors (Lipinski definition) is 8. The molecule has 38 heavy (non-hydrogen) atoms. The first-order valence-corrected chi connectivity index (χ1v) is 12.7. The van der Waals surface area contributed by atoms with E-state index in [1.807, 2.05) is 13.8 Å². The van der Waals surface area contributed by atoms with Crippen LogP contribution in [0.1, 0.15) is 44.0 Å². The van der Waals surface area contributed by atoms with Crippen molar-refractivity contribution >= 4 is 27.5 Å². The van der Waals surface area contributed by atoms with E-state index >= 15 is 0 Å². The van der Waals surface area contributed by atoms with Gasteiger partial charge in [0.05, 0.1) is 31.4 Å². The zero-order chi connectivity index (χ0) is 27.9. The van der Waals surface area contributed by atoms with Gasteiger partial charge in [-0.3, -0.25) is 14.2 Å². The predicted octanol–water partition coefficient (Wildman–Crippen LogP) is 2.42. The minimum Gasteiger partial charge on any atom is -0.496 e. The van der Waals surface area contributed by atoms with Gasteiger partial charge in [-0.2, -0.15) is 10.2 Å². The summed E-state index contributed by atoms with van der Waals surface area (Å²) in [7, 11) is 2.99. The third kappa shape index (κ3) is 4.63. The highest BCUT2D eigenvalue weighted by Gasteiger charge is 2.29. The minimum atomic E-state index is -1.37. The fraction of sp³-hybridized carbons (Fsp3) is 0.400. The second kappa shape index (κ2) is 10.5. The zero-order valence-electron chi connectivity index (χ0n) is 21.9. The lowest BCUT2D eigenvalue weighted by Gasteiger charge is -2.26. The number of carbonyl (C=O) groups excluding carboxylic acids is 1. The molecule has 0 aliphatic carbocycles. The topological polar surface area (TPSA) is 124 Å². The number of fused-ring (bicyclic) bond motifs is 1. The molecule has 0 bridgehead atoms. The van der Waals surface area contributed by atoms with Crippen LogP contribution in [0.3, 0.4) is 0 Å². The van der Waals surface area contributed by atoms with Gasteiger partial charge in [0, 0.05) is 24.2 Å². The van der Waals surface area contributed by atoms with E-state index in [0.29, 0.717) is 10.6 Å². The summed E-state index contributed by atoms with van der Waals surface area (Å²) in [5, 5.41) is 20.1. The molecule has 4 aromatic rings. The molecule has 11 nitrogen and oxygen atoms in total. The number of thiophene rings is 1. The Hall–Kier alpha value is -3.84. The SMILES string of the molecule is COc1ccc(F)cc1[C@@H](O)Cn1c(=O)n(C(C)C(=O)N(C)C(C)C)c(=O)c2c(C)c(-n3nccn3)sc21. The molecule has 0 fully saturated rings. The summed E-state index contributed by atoms with van der Waals surface area (Å²) in [6, 6.07) is 2.43. The Kier molecular flexibility index (Phi) is 7.51. The van der Waals surface area contributed by atoms with E-state index in [9.17, 15) is 23.9 Å². The molecular weight excluding hydrogens is 515 g/mol. The monoisotopic (exact) mass is 544 g/mol. The number of amides is 1. The molecule has 0 aliphatic rings. The molecule has 3 heterocycles. The Morgan fingerprint density at radius 3 is 2.47 bits per heavy atom. The lowest BCUT2D eigenvalue weighted by molar-refractivity contribution is -0.134. The van der Waals surface area contributed by atoms with Crippen LogP contribution in [-0.4, -0.2) is 60.2 Å². The highest BCUT2D eigenvalue weighted by molar-refractivity contribution is 7.21. The number of methoxy groups -OCH3 is 1. The number of aromatic nitrogens is 5. The van der Waals surface area contributed by atoms with Crippen LogP contribution in [0.2, 0.25) is 0 Å². The molecule has 202 valence electrons. The lowest BCUT2D eigenvalue weighted by atomic mass is 10.1. The van der Waals surface area contributed by atoms with Crippen LogP contribution in [0.5, 0.6) is 5.75 Å². The molecule has 0 saturated carbocycles. The van der Waals surface area contributed by atoms with Gasteiger partial charge in [0.1, 0.15) is 33.5 Å². The van der Waals surface area contributed by atoms with E-state index in [-0.39, 0.29) is 34.1 Å². The Labute approximate surface area is 221 Å². The number of carbonyl (C=O) groups is 1. The maximum Gasteiger partial charge on any atom is 0.332 e. The van der Waals surface area contributed by atoms with E-state index in [1.165, 1.54) is 52.8 Å². The van der Waals surface area contributed by atoms with Crippen molar-refractivity contribution in [1.29, 1.82) is 0 Å². The number of hydrogen-bond donors (Lipinski definition) is 1. The number of benzene rings is 1. The fourth-order valence-electron chi connectivity index (χ4n) is 4.26. The summed E-state index contributed by atoms with van der Waals surface area (Å²) in [5.41, 5.74) is -0.764. The van der Waals surface area contributed by atoms with Crippen LogP contribution >= 0.6 is 11.3 Å². The standard InChI is InChI=1S/C25H29FN6O5S/c1-13(2)29(5)21(34)15(4)31-22(35)20-14(3)23(32-27-9-10-28-32)38-24(20)30(25(31)36)12-18(33)17-11-16(26)7-8-19(17)37-6/h7-11,13,15,18,33H,12H2,1-6H3/t15?,18-/m0/s1. The number of rotatable bonds is 8. The van der Waals surface area contributed by atoms with Gasteiger partial charge in [0.15, 0.2) is 0 Å². The van der Waals surface area contributed by atoms with Gasteiger partial charge < -0.3 is 14.7 Å². The van der Waals surface area contributed by atoms with Crippen molar-refractivity contribution in [1.82, 2.24) is 29.0 Å². The Bertz CT molecular complexity index is 1610. The van der Waals surface area contributed by atoms with Gasteiger partial charge in [0.25, 0.3) is 5.56 Å². The highest BCUT2D eigenvalue weighted by atomic mass is 32.1. The average Bonchev–Trinajstić information content (AvgIpc) is 3.53. The molecule has 2 atom stereocenters. The number of aliphatic hydroxyl groups is 1. The number of nitrogens with zero attached hydrogens (tertiary/aromatic N) is 6. The molecule has 13 heteroatoms. The second-order valence-electron chi connectivity index (χ2n) is 9.22. The molecule has 1 aromatic carbocycles. The zero-order valence-corrected chi connectivity index (χ0v) is 22.7. The maximum absolute atomic E-state index is 14.0. The summed E-state index contributed by atoms with van der Waals surface area (Å²) in [6.07, 6.45) is 1.60. The third-order valence-electron chi connectivity index (χ3n) is 6.59. The summed E-state index contributed by atoms with van der Waals surface area (Å²) in [6.45, 7) is 6.51. The summed E-state index contributed by atoms with van der Waals surface area (Å²) >= 11 is 1.10. The molecule has 4 rings (SSSR count). The third-order valence-corrected chi connectivity index (χ3v) is 7.87. The van der Waals surface area contributed by atoms with Crippen molar-refractivity contribution in [3.05, 3.63) is 68.4 Å². The van der Waals surface area contributed by atoms with Gasteiger partial charge in [-0.1, -0.05) is 11.3 Å². The fourth-order valence-corrected chi connectivity index (χ4v) is 5.48. The molecule has 0 aliphatic heterocycles. The summed E-state index contributed by atoms with van der Waals surface area (Å²) < 4.78 is 21.5. The van der Waals surface area contributed by atoms with Crippen molar-refractivity contribution in [3.8, 4) is 10.8 Å². The molecule has 1 amide bonds. The summed E-state index contributed by atoms with van der Waals surface area (Å²) in [4.78, 5) is 43.8. The Morgan fingerprint density at radius 2 is 1.87 bits per heavy atom. The van der Waals surface area contributed by atoms with Crippen LogP contribution in [0.4, 0.5) is 4.39 Å². The minimum absolute atomic E-state index is 0.135. The Balaban J connectivity index is 1.97. The van der Waals surface area contributed by atoms with Crippen molar-refractivity contribution in [2.75, 3.05) is 14.2 Å². The first-order chi connectivity index (χ1) is 18.0. The van der Waals surface area contributed by atoms with E-state index in [4.69, 9.17) is 4.74 Å². The van der Waals surface area contributed by atoms with Crippen LogP contribution in [-0.2, 0) is 11.3 Å². The second-order valence-corrected chi connectivity index (χ2v) is 10.2. The van der Waals surface area contributed by atoms with Crippen LogP contribution in [0, 0.1) is 12.7 Å².